The Balaban J connectivity index is 1.71. The van der Waals surface area contributed by atoms with Gasteiger partial charge < -0.3 is 14.8 Å². The van der Waals surface area contributed by atoms with Crippen LogP contribution >= 0.6 is 0 Å². The lowest BCUT2D eigenvalue weighted by atomic mass is 10.1. The van der Waals surface area contributed by atoms with E-state index in [0.29, 0.717) is 24.6 Å². The van der Waals surface area contributed by atoms with Gasteiger partial charge in [0.25, 0.3) is 11.8 Å². The average molecular weight is 588 g/mol. The van der Waals surface area contributed by atoms with Gasteiger partial charge in [0.2, 0.25) is 10.0 Å². The van der Waals surface area contributed by atoms with Crippen LogP contribution in [0.15, 0.2) is 47.4 Å². The summed E-state index contributed by atoms with van der Waals surface area (Å²) in [6, 6.07) is 8.74. The first-order chi connectivity index (χ1) is 18.8. The molecule has 2 amide bonds. The van der Waals surface area contributed by atoms with Crippen molar-refractivity contribution < 1.29 is 45.9 Å². The Morgan fingerprint density at radius 1 is 1.05 bits per heavy atom. The molecule has 0 saturated carbocycles. The molecule has 10 nitrogen and oxygen atoms in total. The van der Waals surface area contributed by atoms with E-state index in [0.717, 1.165) is 22.9 Å². The van der Waals surface area contributed by atoms with Gasteiger partial charge in [0.05, 0.1) is 16.0 Å². The quantitative estimate of drug-likeness (QED) is 0.205. The van der Waals surface area contributed by atoms with E-state index in [2.05, 4.69) is 10.1 Å². The molecule has 0 bridgehead atoms. The Labute approximate surface area is 230 Å². The van der Waals surface area contributed by atoms with Crippen LogP contribution in [0.3, 0.4) is 0 Å². The molecule has 3 rings (SSSR count). The summed E-state index contributed by atoms with van der Waals surface area (Å²) in [5.74, 6) is -1.44. The molecule has 14 heteroatoms. The largest absolute Gasteiger partial charge is 0.573 e. The number of nitrogens with zero attached hydrogens (tertiary/aromatic N) is 1. The molecule has 3 N–H and O–H groups in total. The van der Waals surface area contributed by atoms with Gasteiger partial charge in [-0.2, -0.15) is 4.31 Å². The third-order valence-electron chi connectivity index (χ3n) is 6.22. The summed E-state index contributed by atoms with van der Waals surface area (Å²) in [7, 11) is -4.26. The van der Waals surface area contributed by atoms with Crippen molar-refractivity contribution in [2.24, 2.45) is 5.92 Å². The topological polar surface area (TPSA) is 134 Å². The summed E-state index contributed by atoms with van der Waals surface area (Å²) in [6.45, 7) is 4.47. The van der Waals surface area contributed by atoms with Crippen molar-refractivity contribution in [1.82, 2.24) is 15.1 Å². The van der Waals surface area contributed by atoms with Crippen molar-refractivity contribution in [2.75, 3.05) is 19.6 Å². The number of benzene rings is 2. The van der Waals surface area contributed by atoms with Crippen LogP contribution in [0, 0.1) is 5.92 Å². The zero-order chi connectivity index (χ0) is 29.5. The molecule has 0 radical (unpaired) electrons. The molecule has 0 unspecified atom stereocenters. The number of carbonyl (C=O) groups is 2. The molecule has 0 aliphatic carbocycles. The molecule has 40 heavy (non-hydrogen) atoms. The third kappa shape index (κ3) is 8.32. The van der Waals surface area contributed by atoms with Crippen LogP contribution in [0.25, 0.3) is 0 Å². The minimum absolute atomic E-state index is 0.0219. The van der Waals surface area contributed by atoms with E-state index in [1.54, 1.807) is 0 Å². The summed E-state index contributed by atoms with van der Waals surface area (Å²) in [5, 5.41) is 12.0. The van der Waals surface area contributed by atoms with E-state index in [-0.39, 0.29) is 31.5 Å². The summed E-state index contributed by atoms with van der Waals surface area (Å²) < 4.78 is 74.9. The van der Waals surface area contributed by atoms with Gasteiger partial charge in [-0.25, -0.2) is 13.9 Å². The number of hydrogen-bond donors (Lipinski definition) is 3. The molecule has 2 aromatic rings. The Kier molecular flexibility index (Phi) is 10.4. The molecule has 1 saturated heterocycles. The fraction of sp³-hybridized carbons (Fsp3) is 0.462. The van der Waals surface area contributed by atoms with Crippen LogP contribution in [-0.4, -0.2) is 61.8 Å². The number of hydroxylamine groups is 1. The second-order valence-electron chi connectivity index (χ2n) is 9.65. The second-order valence-corrected chi connectivity index (χ2v) is 11.6. The molecule has 0 spiro atoms. The van der Waals surface area contributed by atoms with E-state index in [4.69, 9.17) is 4.74 Å². The van der Waals surface area contributed by atoms with Crippen molar-refractivity contribution in [1.29, 1.82) is 0 Å². The average Bonchev–Trinajstić information content (AvgIpc) is 2.90. The van der Waals surface area contributed by atoms with Crippen molar-refractivity contribution in [2.45, 2.75) is 56.9 Å². The van der Waals surface area contributed by atoms with E-state index >= 15 is 0 Å². The standard InChI is InChI=1S/C26H32F3N3O7S/c1-17(2)5-4-14-30-24(33)21-6-3-7-22(23(21)25(34)31-35)40(36,37)32-15-12-19(13-16-32)38-18-8-10-20(11-9-18)39-26(27,28)29/h3,6-11,17,19,35H,4-5,12-16H2,1-2H3,(H,30,33)(H,31,34). The summed E-state index contributed by atoms with van der Waals surface area (Å²) in [5.41, 5.74) is 0.778. The summed E-state index contributed by atoms with van der Waals surface area (Å²) in [4.78, 5) is 25.0. The molecule has 1 aliphatic rings. The number of rotatable bonds is 11. The van der Waals surface area contributed by atoms with Crippen LogP contribution in [-0.2, 0) is 10.0 Å². The van der Waals surface area contributed by atoms with Gasteiger partial charge in [-0.1, -0.05) is 19.9 Å². The summed E-state index contributed by atoms with van der Waals surface area (Å²) in [6.07, 6.45) is -3.13. The molecule has 1 fully saturated rings. The van der Waals surface area contributed by atoms with Gasteiger partial charge in [0.15, 0.2) is 0 Å². The maximum absolute atomic E-state index is 13.5. The van der Waals surface area contributed by atoms with Gasteiger partial charge in [-0.3, -0.25) is 14.8 Å². The van der Waals surface area contributed by atoms with Gasteiger partial charge in [0.1, 0.15) is 17.6 Å². The zero-order valence-electron chi connectivity index (χ0n) is 22.0. The zero-order valence-corrected chi connectivity index (χ0v) is 22.8. The number of piperidine rings is 1. The highest BCUT2D eigenvalue weighted by Gasteiger charge is 2.35. The van der Waals surface area contributed by atoms with Gasteiger partial charge in [-0.15, -0.1) is 13.2 Å². The predicted octanol–water partition coefficient (Wildman–Crippen LogP) is 4.10. The predicted molar refractivity (Wildman–Crippen MR) is 138 cm³/mol. The monoisotopic (exact) mass is 587 g/mol. The first kappa shape index (κ1) is 31.2. The highest BCUT2D eigenvalue weighted by molar-refractivity contribution is 7.89. The number of sulfonamides is 1. The van der Waals surface area contributed by atoms with E-state index in [1.165, 1.54) is 35.8 Å². The van der Waals surface area contributed by atoms with Crippen molar-refractivity contribution >= 4 is 21.8 Å². The molecular weight excluding hydrogens is 555 g/mol. The fourth-order valence-electron chi connectivity index (χ4n) is 4.27. The lowest BCUT2D eigenvalue weighted by molar-refractivity contribution is -0.274. The first-order valence-electron chi connectivity index (χ1n) is 12.7. The number of nitrogens with one attached hydrogen (secondary N) is 2. The Morgan fingerprint density at radius 3 is 2.25 bits per heavy atom. The summed E-state index contributed by atoms with van der Waals surface area (Å²) >= 11 is 0. The Bertz CT molecular complexity index is 1280. The lowest BCUT2D eigenvalue weighted by Gasteiger charge is -2.32. The number of carbonyl (C=O) groups excluding carboxylic acids is 2. The molecule has 220 valence electrons. The normalized spacial score (nSPS) is 15.1. The Hall–Kier alpha value is -3.36. The number of ether oxygens (including phenoxy) is 2. The number of amides is 2. The fourth-order valence-corrected chi connectivity index (χ4v) is 5.96. The molecule has 0 aromatic heterocycles. The molecule has 2 aromatic carbocycles. The van der Waals surface area contributed by atoms with Gasteiger partial charge in [-0.05, 0) is 68.0 Å². The van der Waals surface area contributed by atoms with Crippen molar-refractivity contribution in [3.05, 3.63) is 53.6 Å². The molecular formula is C26H32F3N3O7S. The van der Waals surface area contributed by atoms with Crippen LogP contribution in [0.5, 0.6) is 11.5 Å². The van der Waals surface area contributed by atoms with Crippen LogP contribution in [0.4, 0.5) is 13.2 Å². The first-order valence-corrected chi connectivity index (χ1v) is 14.1. The highest BCUT2D eigenvalue weighted by Crippen LogP contribution is 2.29. The van der Waals surface area contributed by atoms with Gasteiger partial charge in [0, 0.05) is 19.6 Å². The van der Waals surface area contributed by atoms with Crippen LogP contribution in [0.1, 0.15) is 60.2 Å². The SMILES string of the molecule is CC(C)CCCNC(=O)c1cccc(S(=O)(=O)N2CCC(Oc3ccc(OC(F)(F)F)cc3)CC2)c1C(=O)NO. The minimum Gasteiger partial charge on any atom is -0.490 e. The molecule has 0 atom stereocenters. The number of halogens is 3. The van der Waals surface area contributed by atoms with Gasteiger partial charge >= 0.3 is 6.36 Å². The minimum atomic E-state index is -4.81. The van der Waals surface area contributed by atoms with E-state index < -0.39 is 50.5 Å². The van der Waals surface area contributed by atoms with E-state index in [1.807, 2.05) is 13.8 Å². The van der Waals surface area contributed by atoms with Crippen molar-refractivity contribution in [3.8, 4) is 11.5 Å². The maximum Gasteiger partial charge on any atom is 0.573 e. The van der Waals surface area contributed by atoms with Crippen LogP contribution < -0.4 is 20.3 Å². The van der Waals surface area contributed by atoms with Crippen LogP contribution in [0.2, 0.25) is 0 Å². The lowest BCUT2D eigenvalue weighted by Crippen LogP contribution is -2.42. The third-order valence-corrected chi connectivity index (χ3v) is 8.16. The molecule has 1 aliphatic heterocycles. The smallest absolute Gasteiger partial charge is 0.490 e. The number of alkyl halides is 3. The Morgan fingerprint density at radius 2 is 1.68 bits per heavy atom. The second kappa shape index (κ2) is 13.3. The van der Waals surface area contributed by atoms with Crippen molar-refractivity contribution in [3.63, 3.8) is 0 Å². The maximum atomic E-state index is 13.5. The molecule has 1 heterocycles. The van der Waals surface area contributed by atoms with E-state index in [9.17, 15) is 36.4 Å². The number of hydrogen-bond acceptors (Lipinski definition) is 7. The highest BCUT2D eigenvalue weighted by atomic mass is 32.2.